The van der Waals surface area contributed by atoms with Crippen LogP contribution in [0.25, 0.3) is 0 Å². The van der Waals surface area contributed by atoms with Gasteiger partial charge in [0, 0.05) is 5.56 Å². The van der Waals surface area contributed by atoms with Gasteiger partial charge in [0.15, 0.2) is 0 Å². The number of benzene rings is 1. The lowest BCUT2D eigenvalue weighted by Gasteiger charge is -2.14. The number of nitrogens with two attached hydrogens (primary N) is 1. The maximum absolute atomic E-state index is 11.2. The van der Waals surface area contributed by atoms with Crippen LogP contribution in [0, 0.1) is 6.92 Å². The Morgan fingerprint density at radius 3 is 3.00 bits per heavy atom. The van der Waals surface area contributed by atoms with Gasteiger partial charge in [-0.3, -0.25) is 10.1 Å². The van der Waals surface area contributed by atoms with E-state index in [0.29, 0.717) is 18.9 Å². The molecule has 4 nitrogen and oxygen atoms in total. The molecule has 80 valence electrons. The molecule has 1 amide bonds. The molecule has 0 radical (unpaired) electrons. The third kappa shape index (κ3) is 1.86. The molecule has 0 aliphatic carbocycles. The molecule has 3 N–H and O–H groups in total. The summed E-state index contributed by atoms with van der Waals surface area (Å²) in [4.78, 5) is 11.2. The molecule has 1 aromatic rings. The van der Waals surface area contributed by atoms with Gasteiger partial charge < -0.3 is 10.5 Å². The van der Waals surface area contributed by atoms with E-state index in [1.807, 2.05) is 19.1 Å². The Hall–Kier alpha value is -1.39. The SMILES string of the molecule is Cc1c(C(N)=O)cccc1C1COCN1. The molecule has 1 aliphatic heterocycles. The molecule has 4 heteroatoms. The summed E-state index contributed by atoms with van der Waals surface area (Å²) in [5.41, 5.74) is 7.90. The van der Waals surface area contributed by atoms with E-state index in [0.717, 1.165) is 11.1 Å². The number of hydrogen-bond donors (Lipinski definition) is 2. The molecule has 1 fully saturated rings. The number of ether oxygens (including phenoxy) is 1. The van der Waals surface area contributed by atoms with Crippen LogP contribution < -0.4 is 11.1 Å². The number of carbonyl (C=O) groups excluding carboxylic acids is 1. The summed E-state index contributed by atoms with van der Waals surface area (Å²) < 4.78 is 5.24. The standard InChI is InChI=1S/C11H14N2O2/c1-7-8(10-5-15-6-13-10)3-2-4-9(7)11(12)14/h2-4,10,13H,5-6H2,1H3,(H2,12,14). The molecule has 1 aliphatic rings. The number of rotatable bonds is 2. The third-order valence-electron chi connectivity index (χ3n) is 2.73. The van der Waals surface area contributed by atoms with Crippen LogP contribution in [0.3, 0.4) is 0 Å². The number of nitrogens with one attached hydrogen (secondary N) is 1. The van der Waals surface area contributed by atoms with E-state index in [-0.39, 0.29) is 11.9 Å². The van der Waals surface area contributed by atoms with Gasteiger partial charge in [-0.15, -0.1) is 0 Å². The number of amides is 1. The minimum Gasteiger partial charge on any atom is -0.366 e. The Bertz CT molecular complexity index is 384. The van der Waals surface area contributed by atoms with Crippen LogP contribution in [-0.4, -0.2) is 19.2 Å². The van der Waals surface area contributed by atoms with Gasteiger partial charge in [-0.05, 0) is 24.1 Å². The highest BCUT2D eigenvalue weighted by Crippen LogP contribution is 2.23. The summed E-state index contributed by atoms with van der Waals surface area (Å²) in [7, 11) is 0. The average molecular weight is 206 g/mol. The summed E-state index contributed by atoms with van der Waals surface area (Å²) in [6.45, 7) is 3.11. The van der Waals surface area contributed by atoms with Crippen molar-refractivity contribution in [1.82, 2.24) is 5.32 Å². The third-order valence-corrected chi connectivity index (χ3v) is 2.73. The minimum atomic E-state index is -0.381. The zero-order chi connectivity index (χ0) is 10.8. The Morgan fingerprint density at radius 1 is 1.60 bits per heavy atom. The molecule has 1 heterocycles. The fourth-order valence-corrected chi connectivity index (χ4v) is 1.89. The van der Waals surface area contributed by atoms with Gasteiger partial charge in [0.05, 0.1) is 19.4 Å². The molecule has 1 saturated heterocycles. The van der Waals surface area contributed by atoms with Crippen LogP contribution in [0.15, 0.2) is 18.2 Å². The van der Waals surface area contributed by atoms with E-state index in [1.54, 1.807) is 6.07 Å². The lowest BCUT2D eigenvalue weighted by Crippen LogP contribution is -2.19. The molecule has 0 bridgehead atoms. The second-order valence-corrected chi connectivity index (χ2v) is 3.66. The van der Waals surface area contributed by atoms with Gasteiger partial charge in [0.2, 0.25) is 5.91 Å². The van der Waals surface area contributed by atoms with Crippen molar-refractivity contribution in [2.75, 3.05) is 13.3 Å². The topological polar surface area (TPSA) is 64.4 Å². The quantitative estimate of drug-likeness (QED) is 0.749. The van der Waals surface area contributed by atoms with Crippen molar-refractivity contribution in [1.29, 1.82) is 0 Å². The van der Waals surface area contributed by atoms with Crippen molar-refractivity contribution in [3.63, 3.8) is 0 Å². The van der Waals surface area contributed by atoms with Gasteiger partial charge in [-0.1, -0.05) is 12.1 Å². The van der Waals surface area contributed by atoms with Crippen LogP contribution in [-0.2, 0) is 4.74 Å². The van der Waals surface area contributed by atoms with E-state index in [1.165, 1.54) is 0 Å². The van der Waals surface area contributed by atoms with Gasteiger partial charge in [-0.2, -0.15) is 0 Å². The summed E-state index contributed by atoms with van der Waals surface area (Å²) in [6.07, 6.45) is 0. The highest BCUT2D eigenvalue weighted by atomic mass is 16.5. The van der Waals surface area contributed by atoms with Gasteiger partial charge >= 0.3 is 0 Å². The Kier molecular flexibility index (Phi) is 2.70. The predicted molar refractivity (Wildman–Crippen MR) is 56.4 cm³/mol. The molecule has 0 spiro atoms. The van der Waals surface area contributed by atoms with E-state index in [2.05, 4.69) is 5.32 Å². The summed E-state index contributed by atoms with van der Waals surface area (Å²) >= 11 is 0. The average Bonchev–Trinajstić information content (AvgIpc) is 2.70. The van der Waals surface area contributed by atoms with Crippen molar-refractivity contribution in [2.24, 2.45) is 5.73 Å². The molecule has 1 aromatic carbocycles. The van der Waals surface area contributed by atoms with E-state index in [4.69, 9.17) is 10.5 Å². The molecular weight excluding hydrogens is 192 g/mol. The molecule has 0 saturated carbocycles. The van der Waals surface area contributed by atoms with Crippen LogP contribution in [0.5, 0.6) is 0 Å². The number of primary amides is 1. The van der Waals surface area contributed by atoms with E-state index in [9.17, 15) is 4.79 Å². The lowest BCUT2D eigenvalue weighted by atomic mass is 9.97. The first-order valence-corrected chi connectivity index (χ1v) is 4.90. The van der Waals surface area contributed by atoms with E-state index < -0.39 is 0 Å². The number of carbonyl (C=O) groups is 1. The second-order valence-electron chi connectivity index (χ2n) is 3.66. The van der Waals surface area contributed by atoms with Gasteiger partial charge in [-0.25, -0.2) is 0 Å². The first kappa shape index (κ1) is 10.1. The maximum Gasteiger partial charge on any atom is 0.248 e. The smallest absolute Gasteiger partial charge is 0.248 e. The molecule has 1 atom stereocenters. The highest BCUT2D eigenvalue weighted by Gasteiger charge is 2.20. The van der Waals surface area contributed by atoms with Crippen LogP contribution in [0.4, 0.5) is 0 Å². The summed E-state index contributed by atoms with van der Waals surface area (Å²) in [5, 5.41) is 3.21. The largest absolute Gasteiger partial charge is 0.366 e. The van der Waals surface area contributed by atoms with Crippen molar-refractivity contribution in [3.05, 3.63) is 34.9 Å². The molecule has 2 rings (SSSR count). The zero-order valence-corrected chi connectivity index (χ0v) is 8.62. The molecule has 1 unspecified atom stereocenters. The fraction of sp³-hybridized carbons (Fsp3) is 0.364. The zero-order valence-electron chi connectivity index (χ0n) is 8.62. The highest BCUT2D eigenvalue weighted by molar-refractivity contribution is 5.94. The lowest BCUT2D eigenvalue weighted by molar-refractivity contribution is 0.0999. The number of hydrogen-bond acceptors (Lipinski definition) is 3. The van der Waals surface area contributed by atoms with Crippen molar-refractivity contribution in [2.45, 2.75) is 13.0 Å². The maximum atomic E-state index is 11.2. The molecule has 15 heavy (non-hydrogen) atoms. The predicted octanol–water partition coefficient (Wildman–Crippen LogP) is 0.712. The van der Waals surface area contributed by atoms with Gasteiger partial charge in [0.1, 0.15) is 0 Å². The first-order chi connectivity index (χ1) is 7.20. The van der Waals surface area contributed by atoms with Crippen molar-refractivity contribution in [3.8, 4) is 0 Å². The van der Waals surface area contributed by atoms with Crippen LogP contribution >= 0.6 is 0 Å². The molecule has 0 aromatic heterocycles. The van der Waals surface area contributed by atoms with Gasteiger partial charge in [0.25, 0.3) is 0 Å². The normalized spacial score (nSPS) is 20.5. The molecular formula is C11H14N2O2. The monoisotopic (exact) mass is 206 g/mol. The van der Waals surface area contributed by atoms with E-state index >= 15 is 0 Å². The first-order valence-electron chi connectivity index (χ1n) is 4.90. The van der Waals surface area contributed by atoms with Crippen LogP contribution in [0.2, 0.25) is 0 Å². The minimum absolute atomic E-state index is 0.171. The van der Waals surface area contributed by atoms with Crippen molar-refractivity contribution < 1.29 is 9.53 Å². The second kappa shape index (κ2) is 4.00. The van der Waals surface area contributed by atoms with Crippen molar-refractivity contribution >= 4 is 5.91 Å². The van der Waals surface area contributed by atoms with Crippen LogP contribution in [0.1, 0.15) is 27.5 Å². The Balaban J connectivity index is 2.39. The Labute approximate surface area is 88.4 Å². The fourth-order valence-electron chi connectivity index (χ4n) is 1.89. The summed E-state index contributed by atoms with van der Waals surface area (Å²) in [5.74, 6) is -0.381. The Morgan fingerprint density at radius 2 is 2.40 bits per heavy atom. The summed E-state index contributed by atoms with van der Waals surface area (Å²) in [6, 6.07) is 5.76.